The highest BCUT2D eigenvalue weighted by Crippen LogP contribution is 2.26. The highest BCUT2D eigenvalue weighted by atomic mass is 16.6. The lowest BCUT2D eigenvalue weighted by Crippen LogP contribution is -2.17. The first kappa shape index (κ1) is 16.5. The predicted octanol–water partition coefficient (Wildman–Crippen LogP) is 3.13. The first-order valence-corrected chi connectivity index (χ1v) is 7.61. The topological polar surface area (TPSA) is 86.0 Å². The molecule has 0 radical (unpaired) electrons. The minimum Gasteiger partial charge on any atom is -0.496 e. The van der Waals surface area contributed by atoms with E-state index >= 15 is 0 Å². The van der Waals surface area contributed by atoms with E-state index in [2.05, 4.69) is 15.6 Å². The van der Waals surface area contributed by atoms with Gasteiger partial charge in [-0.1, -0.05) is 40.6 Å². The minimum absolute atomic E-state index is 0.241. The van der Waals surface area contributed by atoms with Crippen LogP contribution in [0.25, 0.3) is 10.8 Å². The second-order valence-electron chi connectivity index (χ2n) is 5.28. The Morgan fingerprint density at radius 3 is 2.92 bits per heavy atom. The number of benzene rings is 2. The van der Waals surface area contributed by atoms with Crippen LogP contribution in [0.1, 0.15) is 11.3 Å². The highest BCUT2D eigenvalue weighted by molar-refractivity contribution is 6.02. The van der Waals surface area contributed by atoms with Crippen LogP contribution in [0.5, 0.6) is 5.75 Å². The van der Waals surface area contributed by atoms with E-state index < -0.39 is 0 Å². The molecule has 1 heterocycles. The van der Waals surface area contributed by atoms with Crippen molar-refractivity contribution in [2.75, 3.05) is 19.0 Å². The van der Waals surface area contributed by atoms with Gasteiger partial charge in [0, 0.05) is 11.6 Å². The number of nitrogens with zero attached hydrogens (tertiary/aromatic N) is 2. The molecule has 0 unspecified atom stereocenters. The van der Waals surface area contributed by atoms with Gasteiger partial charge in [-0.2, -0.15) is 0 Å². The monoisotopic (exact) mass is 339 g/mol. The van der Waals surface area contributed by atoms with Gasteiger partial charge >= 0.3 is 0 Å². The summed E-state index contributed by atoms with van der Waals surface area (Å²) in [5, 5.41) is 12.1. The van der Waals surface area contributed by atoms with Gasteiger partial charge in [-0.05, 0) is 23.8 Å². The van der Waals surface area contributed by atoms with Crippen molar-refractivity contribution in [1.82, 2.24) is 5.16 Å². The lowest BCUT2D eigenvalue weighted by atomic mass is 10.0. The minimum atomic E-state index is -0.379. The number of nitrogens with one attached hydrogen (secondary N) is 1. The van der Waals surface area contributed by atoms with Gasteiger partial charge in [0.25, 0.3) is 5.91 Å². The summed E-state index contributed by atoms with van der Waals surface area (Å²) in [5.74, 6) is 1.24. The molecule has 0 saturated carbocycles. The van der Waals surface area contributed by atoms with Crippen LogP contribution in [0.2, 0.25) is 0 Å². The van der Waals surface area contributed by atoms with Crippen molar-refractivity contribution >= 4 is 28.7 Å². The Balaban J connectivity index is 1.66. The Bertz CT molecular complexity index is 918. The van der Waals surface area contributed by atoms with Crippen molar-refractivity contribution in [3.05, 3.63) is 53.8 Å². The SMILES string of the molecule is COc1ccc2ccccc2c1/C=N/OCC(=O)Nc1cc(C)on1. The number of methoxy groups -OCH3 is 1. The largest absolute Gasteiger partial charge is 0.496 e. The first-order valence-electron chi connectivity index (χ1n) is 7.61. The van der Waals surface area contributed by atoms with Crippen molar-refractivity contribution in [2.45, 2.75) is 6.92 Å². The van der Waals surface area contributed by atoms with Gasteiger partial charge < -0.3 is 19.4 Å². The van der Waals surface area contributed by atoms with Crippen LogP contribution in [0.15, 0.2) is 52.1 Å². The maximum Gasteiger partial charge on any atom is 0.266 e. The number of oxime groups is 1. The Morgan fingerprint density at radius 1 is 1.32 bits per heavy atom. The molecule has 25 heavy (non-hydrogen) atoms. The molecule has 1 amide bonds. The van der Waals surface area contributed by atoms with Crippen LogP contribution in [-0.2, 0) is 9.63 Å². The average molecular weight is 339 g/mol. The summed E-state index contributed by atoms with van der Waals surface area (Å²) < 4.78 is 10.2. The molecule has 0 aliphatic carbocycles. The number of rotatable bonds is 6. The molecule has 2 aromatic carbocycles. The molecule has 0 spiro atoms. The number of aryl methyl sites for hydroxylation is 1. The van der Waals surface area contributed by atoms with E-state index in [-0.39, 0.29) is 12.5 Å². The number of ether oxygens (including phenoxy) is 1. The van der Waals surface area contributed by atoms with Gasteiger partial charge in [0.1, 0.15) is 11.5 Å². The molecule has 0 fully saturated rings. The molecule has 7 heteroatoms. The molecule has 0 bridgehead atoms. The molecule has 0 aliphatic rings. The number of hydrogen-bond acceptors (Lipinski definition) is 6. The molecular weight excluding hydrogens is 322 g/mol. The molecule has 3 aromatic rings. The molecule has 128 valence electrons. The third-order valence-electron chi connectivity index (χ3n) is 3.50. The van der Waals surface area contributed by atoms with Crippen molar-refractivity contribution in [3.63, 3.8) is 0 Å². The van der Waals surface area contributed by atoms with E-state index in [1.54, 1.807) is 20.1 Å². The molecule has 0 aliphatic heterocycles. The van der Waals surface area contributed by atoms with Gasteiger partial charge in [0.05, 0.1) is 13.3 Å². The number of aromatic nitrogens is 1. The fraction of sp³-hybridized carbons (Fsp3) is 0.167. The Morgan fingerprint density at radius 2 is 2.16 bits per heavy atom. The van der Waals surface area contributed by atoms with Gasteiger partial charge in [-0.3, -0.25) is 4.79 Å². The van der Waals surface area contributed by atoms with Crippen LogP contribution >= 0.6 is 0 Å². The summed E-state index contributed by atoms with van der Waals surface area (Å²) in [4.78, 5) is 16.8. The molecule has 1 N–H and O–H groups in total. The zero-order chi connectivity index (χ0) is 17.6. The van der Waals surface area contributed by atoms with E-state index in [1.807, 2.05) is 36.4 Å². The number of carbonyl (C=O) groups excluding carboxylic acids is 1. The average Bonchev–Trinajstić information content (AvgIpc) is 3.03. The smallest absolute Gasteiger partial charge is 0.266 e. The van der Waals surface area contributed by atoms with E-state index in [1.165, 1.54) is 6.21 Å². The summed E-state index contributed by atoms with van der Waals surface area (Å²) >= 11 is 0. The van der Waals surface area contributed by atoms with E-state index in [4.69, 9.17) is 14.1 Å². The summed E-state index contributed by atoms with van der Waals surface area (Å²) in [6.45, 7) is 1.50. The molecule has 7 nitrogen and oxygen atoms in total. The van der Waals surface area contributed by atoms with Crippen molar-refractivity contribution in [1.29, 1.82) is 0 Å². The molecule has 0 saturated heterocycles. The van der Waals surface area contributed by atoms with E-state index in [9.17, 15) is 4.79 Å². The summed E-state index contributed by atoms with van der Waals surface area (Å²) in [6, 6.07) is 13.3. The third kappa shape index (κ3) is 3.95. The standard InChI is InChI=1S/C18H17N3O4/c1-12-9-17(21-25-12)20-18(22)11-24-19-10-15-14-6-4-3-5-13(14)7-8-16(15)23-2/h3-10H,11H2,1-2H3,(H,20,21,22)/b19-10+. The number of carbonyl (C=O) groups is 1. The van der Waals surface area contributed by atoms with Crippen LogP contribution in [-0.4, -0.2) is 31.0 Å². The number of amides is 1. The Labute approximate surface area is 144 Å². The van der Waals surface area contributed by atoms with Crippen molar-refractivity contribution < 1.29 is 18.9 Å². The van der Waals surface area contributed by atoms with Crippen molar-refractivity contribution in [2.24, 2.45) is 5.16 Å². The maximum atomic E-state index is 11.8. The van der Waals surface area contributed by atoms with Gasteiger partial charge in [-0.25, -0.2) is 0 Å². The van der Waals surface area contributed by atoms with Gasteiger partial charge in [-0.15, -0.1) is 0 Å². The Kier molecular flexibility index (Phi) is 4.94. The van der Waals surface area contributed by atoms with Crippen LogP contribution < -0.4 is 10.1 Å². The number of fused-ring (bicyclic) bond motifs is 1. The summed E-state index contributed by atoms with van der Waals surface area (Å²) in [7, 11) is 1.59. The number of anilines is 1. The normalized spacial score (nSPS) is 11.0. The fourth-order valence-corrected chi connectivity index (χ4v) is 2.38. The molecular formula is C18H17N3O4. The summed E-state index contributed by atoms with van der Waals surface area (Å²) in [6.07, 6.45) is 1.54. The zero-order valence-electron chi connectivity index (χ0n) is 13.9. The summed E-state index contributed by atoms with van der Waals surface area (Å²) in [5.41, 5.74) is 0.785. The molecule has 0 atom stereocenters. The quantitative estimate of drug-likeness (QED) is 0.551. The van der Waals surface area contributed by atoms with E-state index in [0.717, 1.165) is 16.3 Å². The van der Waals surface area contributed by atoms with Crippen LogP contribution in [0.4, 0.5) is 5.82 Å². The van der Waals surface area contributed by atoms with Crippen molar-refractivity contribution in [3.8, 4) is 5.75 Å². The third-order valence-corrected chi connectivity index (χ3v) is 3.50. The van der Waals surface area contributed by atoms with Crippen LogP contribution in [0, 0.1) is 6.92 Å². The zero-order valence-corrected chi connectivity index (χ0v) is 13.9. The number of hydrogen-bond donors (Lipinski definition) is 1. The molecule has 1 aromatic heterocycles. The highest BCUT2D eigenvalue weighted by Gasteiger charge is 2.08. The molecule has 3 rings (SSSR count). The van der Waals surface area contributed by atoms with E-state index in [0.29, 0.717) is 17.3 Å². The fourth-order valence-electron chi connectivity index (χ4n) is 2.38. The predicted molar refractivity (Wildman–Crippen MR) is 93.9 cm³/mol. The second kappa shape index (κ2) is 7.48. The maximum absolute atomic E-state index is 11.8. The first-order chi connectivity index (χ1) is 12.2. The lowest BCUT2D eigenvalue weighted by Gasteiger charge is -2.08. The van der Waals surface area contributed by atoms with Gasteiger partial charge in [0.15, 0.2) is 12.4 Å². The lowest BCUT2D eigenvalue weighted by molar-refractivity contribution is -0.120. The van der Waals surface area contributed by atoms with Gasteiger partial charge in [0.2, 0.25) is 0 Å². The Hall–Kier alpha value is -3.35. The van der Waals surface area contributed by atoms with Crippen LogP contribution in [0.3, 0.4) is 0 Å². The second-order valence-corrected chi connectivity index (χ2v) is 5.28.